The van der Waals surface area contributed by atoms with Crippen molar-refractivity contribution in [2.75, 3.05) is 13.7 Å². The predicted octanol–water partition coefficient (Wildman–Crippen LogP) is 0.913. The number of hydrogen-bond donors (Lipinski definition) is 1. The molecule has 0 spiro atoms. The second-order valence-electron chi connectivity index (χ2n) is 2.03. The molecule has 0 bridgehead atoms. The highest BCUT2D eigenvalue weighted by Crippen LogP contribution is 2.20. The van der Waals surface area contributed by atoms with Gasteiger partial charge in [0.15, 0.2) is 0 Å². The summed E-state index contributed by atoms with van der Waals surface area (Å²) in [6.07, 6.45) is -5.17. The van der Waals surface area contributed by atoms with Crippen LogP contribution in [0.25, 0.3) is 0 Å². The van der Waals surface area contributed by atoms with Crippen molar-refractivity contribution in [3.63, 3.8) is 0 Å². The number of alkyl halides is 3. The van der Waals surface area contributed by atoms with Crippen molar-refractivity contribution in [1.82, 2.24) is 0 Å². The molecule has 0 heterocycles. The van der Waals surface area contributed by atoms with E-state index in [0.717, 1.165) is 0 Å². The summed E-state index contributed by atoms with van der Waals surface area (Å²) < 4.78 is 38.9. The van der Waals surface area contributed by atoms with Crippen LogP contribution in [0.5, 0.6) is 0 Å². The van der Waals surface area contributed by atoms with Crippen LogP contribution < -0.4 is 5.73 Å². The minimum Gasteiger partial charge on any atom is -0.383 e. The zero-order valence-corrected chi connectivity index (χ0v) is 5.61. The van der Waals surface area contributed by atoms with E-state index in [1.54, 1.807) is 0 Å². The van der Waals surface area contributed by atoms with Crippen molar-refractivity contribution < 1.29 is 17.9 Å². The maximum absolute atomic E-state index is 11.5. The normalized spacial score (nSPS) is 15.3. The Kier molecular flexibility index (Phi) is 3.67. The largest absolute Gasteiger partial charge is 0.390 e. The lowest BCUT2D eigenvalue weighted by Crippen LogP contribution is -2.31. The lowest BCUT2D eigenvalue weighted by Gasteiger charge is -2.12. The number of ether oxygens (including phenoxy) is 1. The third-order valence-corrected chi connectivity index (χ3v) is 0.874. The smallest absolute Gasteiger partial charge is 0.383 e. The van der Waals surface area contributed by atoms with Crippen LogP contribution in [0, 0.1) is 0 Å². The third kappa shape index (κ3) is 5.84. The molecule has 2 nitrogen and oxygen atoms in total. The average molecular weight is 157 g/mol. The fourth-order valence-electron chi connectivity index (χ4n) is 0.570. The Labute approximate surface area is 57.1 Å². The molecule has 5 heteroatoms. The molecule has 0 amide bonds. The Morgan fingerprint density at radius 1 is 1.50 bits per heavy atom. The molecule has 0 saturated carbocycles. The summed E-state index contributed by atoms with van der Waals surface area (Å²) in [5, 5.41) is 0. The van der Waals surface area contributed by atoms with Gasteiger partial charge < -0.3 is 10.5 Å². The van der Waals surface area contributed by atoms with E-state index < -0.39 is 18.6 Å². The molecular formula is C5H10F3NO. The molecule has 0 aliphatic rings. The van der Waals surface area contributed by atoms with E-state index in [-0.39, 0.29) is 6.61 Å². The quantitative estimate of drug-likeness (QED) is 0.660. The second-order valence-corrected chi connectivity index (χ2v) is 2.03. The first-order valence-electron chi connectivity index (χ1n) is 2.77. The monoisotopic (exact) mass is 157 g/mol. The van der Waals surface area contributed by atoms with Crippen molar-refractivity contribution in [1.29, 1.82) is 0 Å². The van der Waals surface area contributed by atoms with Crippen LogP contribution in [0.4, 0.5) is 13.2 Å². The highest BCUT2D eigenvalue weighted by Gasteiger charge is 2.29. The summed E-state index contributed by atoms with van der Waals surface area (Å²) in [5.74, 6) is 0. The summed E-state index contributed by atoms with van der Waals surface area (Å²) in [7, 11) is 1.32. The Balaban J connectivity index is 3.47. The number of methoxy groups -OCH3 is 1. The zero-order chi connectivity index (χ0) is 8.20. The number of rotatable bonds is 3. The lowest BCUT2D eigenvalue weighted by molar-refractivity contribution is -0.140. The van der Waals surface area contributed by atoms with Gasteiger partial charge in [0.1, 0.15) is 0 Å². The van der Waals surface area contributed by atoms with Crippen molar-refractivity contribution in [2.24, 2.45) is 5.73 Å². The number of hydrogen-bond acceptors (Lipinski definition) is 2. The molecule has 0 aromatic rings. The standard InChI is InChI=1S/C5H10F3NO/c1-10-3-4(9)2-5(6,7)8/h4H,2-3,9H2,1H3. The minimum atomic E-state index is -4.18. The predicted molar refractivity (Wildman–Crippen MR) is 30.5 cm³/mol. The van der Waals surface area contributed by atoms with Gasteiger partial charge in [0, 0.05) is 13.2 Å². The van der Waals surface area contributed by atoms with Crippen LogP contribution >= 0.6 is 0 Å². The molecule has 2 N–H and O–H groups in total. The third-order valence-electron chi connectivity index (χ3n) is 0.874. The van der Waals surface area contributed by atoms with E-state index in [4.69, 9.17) is 5.73 Å². The van der Waals surface area contributed by atoms with E-state index >= 15 is 0 Å². The van der Waals surface area contributed by atoms with Crippen molar-refractivity contribution in [2.45, 2.75) is 18.6 Å². The topological polar surface area (TPSA) is 35.2 Å². The Morgan fingerprint density at radius 2 is 2.00 bits per heavy atom. The molecule has 10 heavy (non-hydrogen) atoms. The zero-order valence-electron chi connectivity index (χ0n) is 5.61. The van der Waals surface area contributed by atoms with Crippen LogP contribution in [0.2, 0.25) is 0 Å². The van der Waals surface area contributed by atoms with E-state index in [2.05, 4.69) is 4.74 Å². The van der Waals surface area contributed by atoms with Crippen LogP contribution in [-0.4, -0.2) is 25.9 Å². The van der Waals surface area contributed by atoms with Gasteiger partial charge in [-0.2, -0.15) is 13.2 Å². The van der Waals surface area contributed by atoms with Gasteiger partial charge in [-0.15, -0.1) is 0 Å². The van der Waals surface area contributed by atoms with Gasteiger partial charge in [-0.3, -0.25) is 0 Å². The van der Waals surface area contributed by atoms with Crippen molar-refractivity contribution >= 4 is 0 Å². The van der Waals surface area contributed by atoms with Gasteiger partial charge in [-0.1, -0.05) is 0 Å². The van der Waals surface area contributed by atoms with Crippen LogP contribution in [0.1, 0.15) is 6.42 Å². The highest BCUT2D eigenvalue weighted by molar-refractivity contribution is 4.64. The van der Waals surface area contributed by atoms with Gasteiger partial charge in [0.2, 0.25) is 0 Å². The maximum atomic E-state index is 11.5. The van der Waals surface area contributed by atoms with Gasteiger partial charge in [0.25, 0.3) is 0 Å². The van der Waals surface area contributed by atoms with Gasteiger partial charge >= 0.3 is 6.18 Å². The summed E-state index contributed by atoms with van der Waals surface area (Å²) in [5.41, 5.74) is 5.03. The van der Waals surface area contributed by atoms with Gasteiger partial charge in [0.05, 0.1) is 13.0 Å². The number of halogens is 3. The van der Waals surface area contributed by atoms with Crippen LogP contribution in [0.3, 0.4) is 0 Å². The first kappa shape index (κ1) is 9.71. The fourth-order valence-corrected chi connectivity index (χ4v) is 0.570. The summed E-state index contributed by atoms with van der Waals surface area (Å²) in [4.78, 5) is 0. The summed E-state index contributed by atoms with van der Waals surface area (Å²) >= 11 is 0. The molecule has 0 aliphatic carbocycles. The molecule has 1 atom stereocenters. The Morgan fingerprint density at radius 3 is 2.30 bits per heavy atom. The fraction of sp³-hybridized carbons (Fsp3) is 1.00. The molecule has 0 aliphatic heterocycles. The SMILES string of the molecule is COCC(N)CC(F)(F)F. The van der Waals surface area contributed by atoms with E-state index in [1.165, 1.54) is 7.11 Å². The molecule has 0 fully saturated rings. The van der Waals surface area contributed by atoms with E-state index in [0.29, 0.717) is 0 Å². The molecule has 0 saturated heterocycles. The Bertz CT molecular complexity index is 93.4. The van der Waals surface area contributed by atoms with Crippen molar-refractivity contribution in [3.05, 3.63) is 0 Å². The highest BCUT2D eigenvalue weighted by atomic mass is 19.4. The minimum absolute atomic E-state index is 0.0560. The molecule has 0 radical (unpaired) electrons. The molecule has 62 valence electrons. The molecule has 0 rings (SSSR count). The van der Waals surface area contributed by atoms with E-state index in [1.807, 2.05) is 0 Å². The summed E-state index contributed by atoms with van der Waals surface area (Å²) in [6.45, 7) is -0.0560. The van der Waals surface area contributed by atoms with Crippen LogP contribution in [0.15, 0.2) is 0 Å². The second kappa shape index (κ2) is 3.78. The molecule has 0 aromatic heterocycles. The molecule has 1 unspecified atom stereocenters. The van der Waals surface area contributed by atoms with Gasteiger partial charge in [-0.05, 0) is 0 Å². The summed E-state index contributed by atoms with van der Waals surface area (Å²) in [6, 6.07) is -0.940. The first-order chi connectivity index (χ1) is 4.45. The maximum Gasteiger partial charge on any atom is 0.390 e. The van der Waals surface area contributed by atoms with E-state index in [9.17, 15) is 13.2 Å². The molecule has 0 aromatic carbocycles. The van der Waals surface area contributed by atoms with Crippen molar-refractivity contribution in [3.8, 4) is 0 Å². The average Bonchev–Trinajstić information content (AvgIpc) is 1.59. The van der Waals surface area contributed by atoms with Gasteiger partial charge in [-0.25, -0.2) is 0 Å². The molecular weight excluding hydrogens is 147 g/mol. The Hall–Kier alpha value is -0.290. The van der Waals surface area contributed by atoms with Crippen LogP contribution in [-0.2, 0) is 4.74 Å². The number of nitrogens with two attached hydrogens (primary N) is 1. The first-order valence-corrected chi connectivity index (χ1v) is 2.77. The lowest BCUT2D eigenvalue weighted by atomic mass is 10.2.